The Morgan fingerprint density at radius 2 is 2.00 bits per heavy atom. The van der Waals surface area contributed by atoms with Crippen LogP contribution >= 0.6 is 0 Å². The van der Waals surface area contributed by atoms with Crippen LogP contribution in [-0.2, 0) is 4.79 Å². The van der Waals surface area contributed by atoms with E-state index < -0.39 is 5.97 Å². The number of hydrogen-bond acceptors (Lipinski definition) is 4. The molecular weight excluding hydrogens is 308 g/mol. The smallest absolute Gasteiger partial charge is 0.303 e. The molecule has 0 bridgehead atoms. The highest BCUT2D eigenvalue weighted by molar-refractivity contribution is 5.96. The Hall–Kier alpha value is -2.44. The second-order valence-electron chi connectivity index (χ2n) is 6.65. The first kappa shape index (κ1) is 16.4. The van der Waals surface area contributed by atoms with E-state index in [2.05, 4.69) is 10.1 Å². The molecular formula is C17H22N4O3. The van der Waals surface area contributed by atoms with Crippen molar-refractivity contribution in [3.8, 4) is 0 Å². The highest BCUT2D eigenvalue weighted by Crippen LogP contribution is 2.23. The molecule has 1 saturated heterocycles. The summed E-state index contributed by atoms with van der Waals surface area (Å²) in [6.07, 6.45) is 4.99. The highest BCUT2D eigenvalue weighted by atomic mass is 16.4. The molecule has 7 nitrogen and oxygen atoms in total. The number of aromatic nitrogens is 3. The Labute approximate surface area is 140 Å². The molecule has 1 N–H and O–H groups in total. The molecule has 2 aromatic heterocycles. The number of rotatable bonds is 4. The van der Waals surface area contributed by atoms with Gasteiger partial charge in [0, 0.05) is 37.1 Å². The zero-order valence-electron chi connectivity index (χ0n) is 14.0. The minimum absolute atomic E-state index is 0.0459. The van der Waals surface area contributed by atoms with Gasteiger partial charge in [-0.15, -0.1) is 0 Å². The molecule has 0 unspecified atom stereocenters. The lowest BCUT2D eigenvalue weighted by Crippen LogP contribution is -2.38. The summed E-state index contributed by atoms with van der Waals surface area (Å²) in [6.45, 7) is 5.27. The molecule has 7 heteroatoms. The summed E-state index contributed by atoms with van der Waals surface area (Å²) >= 11 is 0. The van der Waals surface area contributed by atoms with Gasteiger partial charge in [0.15, 0.2) is 5.65 Å². The number of piperidine rings is 1. The van der Waals surface area contributed by atoms with Crippen molar-refractivity contribution < 1.29 is 14.7 Å². The van der Waals surface area contributed by atoms with Crippen molar-refractivity contribution in [3.05, 3.63) is 24.0 Å². The predicted molar refractivity (Wildman–Crippen MR) is 88.8 cm³/mol. The van der Waals surface area contributed by atoms with Gasteiger partial charge >= 0.3 is 5.97 Å². The molecule has 24 heavy (non-hydrogen) atoms. The zero-order chi connectivity index (χ0) is 17.3. The molecule has 1 amide bonds. The van der Waals surface area contributed by atoms with Crippen molar-refractivity contribution in [2.24, 2.45) is 5.92 Å². The molecule has 3 heterocycles. The van der Waals surface area contributed by atoms with Gasteiger partial charge in [0.25, 0.3) is 5.91 Å². The number of carbonyl (C=O) groups is 2. The summed E-state index contributed by atoms with van der Waals surface area (Å²) in [7, 11) is 0. The monoisotopic (exact) mass is 330 g/mol. The molecule has 128 valence electrons. The summed E-state index contributed by atoms with van der Waals surface area (Å²) in [5, 5.41) is 14.0. The number of amides is 1. The van der Waals surface area contributed by atoms with Crippen LogP contribution in [0.15, 0.2) is 18.5 Å². The third-order valence-corrected chi connectivity index (χ3v) is 4.53. The number of likely N-dealkylation sites (tertiary alicyclic amines) is 1. The Bertz CT molecular complexity index is 760. The van der Waals surface area contributed by atoms with E-state index in [-0.39, 0.29) is 24.3 Å². The van der Waals surface area contributed by atoms with Crippen LogP contribution in [0.2, 0.25) is 0 Å². The molecule has 1 aliphatic rings. The normalized spacial score (nSPS) is 16.0. The number of carboxylic acids is 1. The number of aliphatic carboxylic acids is 1. The van der Waals surface area contributed by atoms with Gasteiger partial charge in [-0.25, -0.2) is 9.67 Å². The number of pyridine rings is 1. The lowest BCUT2D eigenvalue weighted by molar-refractivity contribution is -0.138. The molecule has 1 fully saturated rings. The average molecular weight is 330 g/mol. The third kappa shape index (κ3) is 3.25. The lowest BCUT2D eigenvalue weighted by Gasteiger charge is -2.31. The summed E-state index contributed by atoms with van der Waals surface area (Å²) in [5.41, 5.74) is 1.34. The zero-order valence-corrected chi connectivity index (χ0v) is 14.0. The van der Waals surface area contributed by atoms with Gasteiger partial charge in [-0.3, -0.25) is 9.59 Å². The molecule has 0 atom stereocenters. The SMILES string of the molecule is CC(C)n1ncc2cc(C(=O)N3CCC(CC(=O)O)CC3)cnc21. The van der Waals surface area contributed by atoms with Crippen LogP contribution in [0.3, 0.4) is 0 Å². The van der Waals surface area contributed by atoms with Crippen molar-refractivity contribution in [2.75, 3.05) is 13.1 Å². The van der Waals surface area contributed by atoms with Crippen molar-refractivity contribution in [1.82, 2.24) is 19.7 Å². The van der Waals surface area contributed by atoms with Gasteiger partial charge < -0.3 is 10.0 Å². The molecule has 0 aliphatic carbocycles. The Morgan fingerprint density at radius 3 is 2.62 bits per heavy atom. The fraction of sp³-hybridized carbons (Fsp3) is 0.529. The van der Waals surface area contributed by atoms with Crippen LogP contribution < -0.4 is 0 Å². The fourth-order valence-electron chi connectivity index (χ4n) is 3.20. The van der Waals surface area contributed by atoms with Crippen LogP contribution in [0, 0.1) is 5.92 Å². The van der Waals surface area contributed by atoms with Crippen LogP contribution in [0.5, 0.6) is 0 Å². The van der Waals surface area contributed by atoms with E-state index in [4.69, 9.17) is 5.11 Å². The number of nitrogens with zero attached hydrogens (tertiary/aromatic N) is 4. The second-order valence-corrected chi connectivity index (χ2v) is 6.65. The van der Waals surface area contributed by atoms with Crippen LogP contribution in [-0.4, -0.2) is 49.7 Å². The van der Waals surface area contributed by atoms with Gasteiger partial charge in [0.1, 0.15) is 0 Å². The Balaban J connectivity index is 1.72. The standard InChI is InChI=1S/C17H22N4O3/c1-11(2)21-16-13(10-19-21)8-14(9-18-16)17(24)20-5-3-12(4-6-20)7-15(22)23/h8-12H,3-7H2,1-2H3,(H,22,23). The molecule has 3 rings (SSSR count). The van der Waals surface area contributed by atoms with Crippen LogP contribution in [0.1, 0.15) is 49.5 Å². The number of carbonyl (C=O) groups excluding carboxylic acids is 1. The van der Waals surface area contributed by atoms with E-state index in [1.807, 2.05) is 24.6 Å². The number of carboxylic acid groups (broad SMARTS) is 1. The minimum Gasteiger partial charge on any atom is -0.481 e. The molecule has 0 saturated carbocycles. The first-order valence-electron chi connectivity index (χ1n) is 8.30. The molecule has 0 spiro atoms. The van der Waals surface area contributed by atoms with E-state index in [9.17, 15) is 9.59 Å². The van der Waals surface area contributed by atoms with Crippen molar-refractivity contribution in [2.45, 2.75) is 39.2 Å². The first-order valence-corrected chi connectivity index (χ1v) is 8.30. The number of fused-ring (bicyclic) bond motifs is 1. The number of hydrogen-bond donors (Lipinski definition) is 1. The average Bonchev–Trinajstić information content (AvgIpc) is 2.97. The van der Waals surface area contributed by atoms with Gasteiger partial charge in [0.2, 0.25) is 0 Å². The molecule has 0 radical (unpaired) electrons. The van der Waals surface area contributed by atoms with Gasteiger partial charge in [-0.2, -0.15) is 5.10 Å². The van der Waals surface area contributed by atoms with E-state index >= 15 is 0 Å². The minimum atomic E-state index is -0.767. The van der Waals surface area contributed by atoms with Crippen molar-refractivity contribution in [3.63, 3.8) is 0 Å². The van der Waals surface area contributed by atoms with E-state index in [1.54, 1.807) is 17.3 Å². The Morgan fingerprint density at radius 1 is 1.29 bits per heavy atom. The van der Waals surface area contributed by atoms with E-state index in [1.165, 1.54) is 0 Å². The summed E-state index contributed by atoms with van der Waals surface area (Å²) < 4.78 is 1.83. The Kier molecular flexibility index (Phi) is 4.51. The largest absolute Gasteiger partial charge is 0.481 e. The van der Waals surface area contributed by atoms with Crippen LogP contribution in [0.4, 0.5) is 0 Å². The summed E-state index contributed by atoms with van der Waals surface area (Å²) in [6, 6.07) is 2.05. The maximum atomic E-state index is 12.7. The second kappa shape index (κ2) is 6.59. The summed E-state index contributed by atoms with van der Waals surface area (Å²) in [5.74, 6) is -0.650. The van der Waals surface area contributed by atoms with Gasteiger partial charge in [-0.05, 0) is 38.7 Å². The molecule has 2 aromatic rings. The van der Waals surface area contributed by atoms with E-state index in [0.717, 1.165) is 23.9 Å². The molecule has 1 aliphatic heterocycles. The van der Waals surface area contributed by atoms with Crippen LogP contribution in [0.25, 0.3) is 11.0 Å². The maximum absolute atomic E-state index is 12.7. The fourth-order valence-corrected chi connectivity index (χ4v) is 3.20. The lowest BCUT2D eigenvalue weighted by atomic mass is 9.93. The van der Waals surface area contributed by atoms with Crippen molar-refractivity contribution >= 4 is 22.9 Å². The maximum Gasteiger partial charge on any atom is 0.303 e. The van der Waals surface area contributed by atoms with E-state index in [0.29, 0.717) is 18.7 Å². The van der Waals surface area contributed by atoms with Gasteiger partial charge in [-0.1, -0.05) is 0 Å². The van der Waals surface area contributed by atoms with Crippen molar-refractivity contribution in [1.29, 1.82) is 0 Å². The molecule has 0 aromatic carbocycles. The highest BCUT2D eigenvalue weighted by Gasteiger charge is 2.25. The van der Waals surface area contributed by atoms with Gasteiger partial charge in [0.05, 0.1) is 11.8 Å². The first-order chi connectivity index (χ1) is 11.5. The quantitative estimate of drug-likeness (QED) is 0.929. The topological polar surface area (TPSA) is 88.3 Å². The predicted octanol–water partition coefficient (Wildman–Crippen LogP) is 2.34. The third-order valence-electron chi connectivity index (χ3n) is 4.53. The summed E-state index contributed by atoms with van der Waals surface area (Å²) in [4.78, 5) is 29.6.